The molecule has 0 aromatic carbocycles. The molecule has 1 nitrogen and oxygen atoms in total. The van der Waals surface area contributed by atoms with E-state index in [-0.39, 0.29) is 0 Å². The maximum atomic E-state index is 3.48. The van der Waals surface area contributed by atoms with E-state index in [1.165, 1.54) is 32.2 Å². The van der Waals surface area contributed by atoms with Crippen molar-refractivity contribution in [3.05, 3.63) is 0 Å². The lowest BCUT2D eigenvalue weighted by molar-refractivity contribution is 0.142. The van der Waals surface area contributed by atoms with E-state index in [4.69, 9.17) is 0 Å². The van der Waals surface area contributed by atoms with E-state index in [9.17, 15) is 0 Å². The lowest BCUT2D eigenvalue weighted by atomic mass is 9.69. The van der Waals surface area contributed by atoms with Crippen LogP contribution in [0.3, 0.4) is 0 Å². The van der Waals surface area contributed by atoms with E-state index in [0.29, 0.717) is 5.41 Å². The van der Waals surface area contributed by atoms with Crippen molar-refractivity contribution in [2.75, 3.05) is 13.1 Å². The van der Waals surface area contributed by atoms with E-state index in [1.807, 2.05) is 0 Å². The van der Waals surface area contributed by atoms with Crippen molar-refractivity contribution in [3.8, 4) is 0 Å². The summed E-state index contributed by atoms with van der Waals surface area (Å²) in [7, 11) is 0. The first-order chi connectivity index (χ1) is 6.53. The zero-order valence-electron chi connectivity index (χ0n) is 10.4. The minimum Gasteiger partial charge on any atom is -0.317 e. The summed E-state index contributed by atoms with van der Waals surface area (Å²) < 4.78 is 0. The highest BCUT2D eigenvalue weighted by atomic mass is 14.9. The van der Waals surface area contributed by atoms with Gasteiger partial charge in [-0.05, 0) is 56.0 Å². The minimum atomic E-state index is 0.526. The number of rotatable bonds is 5. The Morgan fingerprint density at radius 1 is 1.14 bits per heavy atom. The Morgan fingerprint density at radius 2 is 1.79 bits per heavy atom. The van der Waals surface area contributed by atoms with E-state index in [2.05, 4.69) is 33.0 Å². The first-order valence-electron chi connectivity index (χ1n) is 6.23. The molecular weight excluding hydrogens is 170 g/mol. The topological polar surface area (TPSA) is 12.0 Å². The first kappa shape index (κ1) is 12.0. The largest absolute Gasteiger partial charge is 0.317 e. The molecule has 0 heterocycles. The van der Waals surface area contributed by atoms with Gasteiger partial charge in [0.25, 0.3) is 0 Å². The molecule has 0 spiro atoms. The SMILES string of the molecule is CCNCC1CCC1CCC(C)(C)C. The maximum absolute atomic E-state index is 3.48. The third-order valence-electron chi connectivity index (χ3n) is 3.50. The van der Waals surface area contributed by atoms with Gasteiger partial charge in [-0.3, -0.25) is 0 Å². The standard InChI is InChI=1S/C13H27N/c1-5-14-10-12-7-6-11(12)8-9-13(2,3)4/h11-12,14H,5-10H2,1-4H3. The molecule has 1 N–H and O–H groups in total. The summed E-state index contributed by atoms with van der Waals surface area (Å²) in [6, 6.07) is 0. The zero-order chi connectivity index (χ0) is 10.6. The van der Waals surface area contributed by atoms with Gasteiger partial charge in [-0.1, -0.05) is 27.7 Å². The van der Waals surface area contributed by atoms with Crippen LogP contribution < -0.4 is 5.32 Å². The molecule has 84 valence electrons. The van der Waals surface area contributed by atoms with Crippen LogP contribution in [0.5, 0.6) is 0 Å². The van der Waals surface area contributed by atoms with Gasteiger partial charge in [-0.25, -0.2) is 0 Å². The molecule has 0 radical (unpaired) electrons. The fraction of sp³-hybridized carbons (Fsp3) is 1.00. The maximum Gasteiger partial charge on any atom is -0.00180 e. The normalized spacial score (nSPS) is 27.4. The second kappa shape index (κ2) is 5.16. The van der Waals surface area contributed by atoms with E-state index < -0.39 is 0 Å². The molecule has 1 saturated carbocycles. The summed E-state index contributed by atoms with van der Waals surface area (Å²) in [4.78, 5) is 0. The van der Waals surface area contributed by atoms with Crippen LogP contribution >= 0.6 is 0 Å². The molecule has 1 aliphatic carbocycles. The highest BCUT2D eigenvalue weighted by Crippen LogP contribution is 2.39. The quantitative estimate of drug-likeness (QED) is 0.712. The molecule has 2 atom stereocenters. The van der Waals surface area contributed by atoms with Crippen molar-refractivity contribution in [2.45, 2.75) is 53.4 Å². The second-order valence-corrected chi connectivity index (χ2v) is 6.00. The molecule has 1 rings (SSSR count). The lowest BCUT2D eigenvalue weighted by Crippen LogP contribution is -2.35. The van der Waals surface area contributed by atoms with Crippen molar-refractivity contribution in [1.82, 2.24) is 5.32 Å². The highest BCUT2D eigenvalue weighted by molar-refractivity contribution is 4.83. The van der Waals surface area contributed by atoms with Crippen LogP contribution in [-0.2, 0) is 0 Å². The van der Waals surface area contributed by atoms with E-state index in [0.717, 1.165) is 18.4 Å². The molecule has 2 unspecified atom stereocenters. The van der Waals surface area contributed by atoms with Gasteiger partial charge in [-0.2, -0.15) is 0 Å². The summed E-state index contributed by atoms with van der Waals surface area (Å²) in [6.45, 7) is 11.6. The van der Waals surface area contributed by atoms with Gasteiger partial charge in [0, 0.05) is 0 Å². The molecule has 0 aromatic heterocycles. The van der Waals surface area contributed by atoms with Gasteiger partial charge >= 0.3 is 0 Å². The summed E-state index contributed by atoms with van der Waals surface area (Å²) in [6.07, 6.45) is 5.77. The van der Waals surface area contributed by atoms with Gasteiger partial charge in [0.05, 0.1) is 0 Å². The van der Waals surface area contributed by atoms with Crippen molar-refractivity contribution in [1.29, 1.82) is 0 Å². The Kier molecular flexibility index (Phi) is 4.43. The Morgan fingerprint density at radius 3 is 2.21 bits per heavy atom. The Labute approximate surface area is 89.7 Å². The van der Waals surface area contributed by atoms with Crippen LogP contribution in [0, 0.1) is 17.3 Å². The van der Waals surface area contributed by atoms with Crippen LogP contribution in [0.4, 0.5) is 0 Å². The Bertz CT molecular complexity index is 157. The average molecular weight is 197 g/mol. The fourth-order valence-corrected chi connectivity index (χ4v) is 2.23. The van der Waals surface area contributed by atoms with Gasteiger partial charge in [0.2, 0.25) is 0 Å². The molecule has 0 aromatic rings. The predicted molar refractivity (Wildman–Crippen MR) is 63.4 cm³/mol. The van der Waals surface area contributed by atoms with Gasteiger partial charge < -0.3 is 5.32 Å². The molecule has 1 fully saturated rings. The number of hydrogen-bond donors (Lipinski definition) is 1. The molecule has 1 heteroatoms. The van der Waals surface area contributed by atoms with Crippen molar-refractivity contribution >= 4 is 0 Å². The third-order valence-corrected chi connectivity index (χ3v) is 3.50. The second-order valence-electron chi connectivity index (χ2n) is 6.00. The Hall–Kier alpha value is -0.0400. The van der Waals surface area contributed by atoms with Crippen LogP contribution in [0.2, 0.25) is 0 Å². The smallest absolute Gasteiger partial charge is 0.00180 e. The van der Waals surface area contributed by atoms with Gasteiger partial charge in [-0.15, -0.1) is 0 Å². The van der Waals surface area contributed by atoms with Crippen LogP contribution in [0.1, 0.15) is 53.4 Å². The summed E-state index contributed by atoms with van der Waals surface area (Å²) in [5.74, 6) is 2.01. The van der Waals surface area contributed by atoms with Crippen molar-refractivity contribution < 1.29 is 0 Å². The fourth-order valence-electron chi connectivity index (χ4n) is 2.23. The highest BCUT2D eigenvalue weighted by Gasteiger charge is 2.30. The average Bonchev–Trinajstić information content (AvgIpc) is 2.01. The lowest BCUT2D eigenvalue weighted by Gasteiger charge is -2.38. The van der Waals surface area contributed by atoms with E-state index >= 15 is 0 Å². The molecule has 0 amide bonds. The molecule has 14 heavy (non-hydrogen) atoms. The van der Waals surface area contributed by atoms with Crippen LogP contribution in [-0.4, -0.2) is 13.1 Å². The summed E-state index contributed by atoms with van der Waals surface area (Å²) in [5.41, 5.74) is 0.526. The minimum absolute atomic E-state index is 0.526. The number of hydrogen-bond acceptors (Lipinski definition) is 1. The number of nitrogens with one attached hydrogen (secondary N) is 1. The first-order valence-corrected chi connectivity index (χ1v) is 6.23. The molecular formula is C13H27N. The molecule has 0 aliphatic heterocycles. The van der Waals surface area contributed by atoms with Crippen molar-refractivity contribution in [2.24, 2.45) is 17.3 Å². The summed E-state index contributed by atoms with van der Waals surface area (Å²) in [5, 5.41) is 3.48. The molecule has 0 saturated heterocycles. The third kappa shape index (κ3) is 4.00. The molecule has 1 aliphatic rings. The van der Waals surface area contributed by atoms with E-state index in [1.54, 1.807) is 0 Å². The predicted octanol–water partition coefficient (Wildman–Crippen LogP) is 3.45. The van der Waals surface area contributed by atoms with Crippen LogP contribution in [0.25, 0.3) is 0 Å². The van der Waals surface area contributed by atoms with Gasteiger partial charge in [0.1, 0.15) is 0 Å². The monoisotopic (exact) mass is 197 g/mol. The Balaban J connectivity index is 2.13. The zero-order valence-corrected chi connectivity index (χ0v) is 10.4. The van der Waals surface area contributed by atoms with Crippen LogP contribution in [0.15, 0.2) is 0 Å². The molecule has 0 bridgehead atoms. The van der Waals surface area contributed by atoms with Gasteiger partial charge in [0.15, 0.2) is 0 Å². The summed E-state index contributed by atoms with van der Waals surface area (Å²) >= 11 is 0. The van der Waals surface area contributed by atoms with Crippen molar-refractivity contribution in [3.63, 3.8) is 0 Å².